The summed E-state index contributed by atoms with van der Waals surface area (Å²) in [5.41, 5.74) is 6.59. The van der Waals surface area contributed by atoms with Crippen molar-refractivity contribution in [1.82, 2.24) is 5.43 Å². The van der Waals surface area contributed by atoms with Crippen LogP contribution in [0.3, 0.4) is 0 Å². The van der Waals surface area contributed by atoms with E-state index >= 15 is 0 Å². The molecule has 0 saturated carbocycles. The number of benzene rings is 5. The van der Waals surface area contributed by atoms with Crippen LogP contribution in [0.5, 0.6) is 34.5 Å². The Hall–Kier alpha value is -5.48. The van der Waals surface area contributed by atoms with Crippen LogP contribution < -0.4 is 33.8 Å². The molecule has 5 aromatic rings. The van der Waals surface area contributed by atoms with Crippen molar-refractivity contribution in [2.45, 2.75) is 26.7 Å². The molecule has 5 rings (SSSR count). The first-order valence-electron chi connectivity index (χ1n) is 15.6. The highest BCUT2D eigenvalue weighted by molar-refractivity contribution is 9.10. The molecule has 0 spiro atoms. The van der Waals surface area contributed by atoms with E-state index < -0.39 is 5.91 Å². The maximum absolute atomic E-state index is 12.9. The minimum absolute atomic E-state index is 0.261. The molecule has 1 amide bonds. The van der Waals surface area contributed by atoms with Crippen molar-refractivity contribution in [3.8, 4) is 34.5 Å². The molecule has 0 unspecified atom stereocenters. The van der Waals surface area contributed by atoms with E-state index in [0.717, 1.165) is 16.7 Å². The summed E-state index contributed by atoms with van der Waals surface area (Å²) in [6.07, 6.45) is 1.52. The van der Waals surface area contributed by atoms with Gasteiger partial charge in [0, 0.05) is 5.56 Å². The number of hydrogen-bond acceptors (Lipinski definition) is 8. The second-order valence-corrected chi connectivity index (χ2v) is 11.5. The summed E-state index contributed by atoms with van der Waals surface area (Å²) < 4.78 is 35.7. The highest BCUT2D eigenvalue weighted by atomic mass is 79.9. The lowest BCUT2D eigenvalue weighted by Crippen LogP contribution is -2.17. The van der Waals surface area contributed by atoms with Crippen LogP contribution in [-0.2, 0) is 19.8 Å². The van der Waals surface area contributed by atoms with Gasteiger partial charge in [-0.3, -0.25) is 4.79 Å². The van der Waals surface area contributed by atoms with Crippen molar-refractivity contribution in [3.63, 3.8) is 0 Å². The normalized spacial score (nSPS) is 10.8. The summed E-state index contributed by atoms with van der Waals surface area (Å²) in [5, 5.41) is 4.14. The predicted octanol–water partition coefficient (Wildman–Crippen LogP) is 8.37. The number of nitrogens with one attached hydrogen (secondary N) is 1. The molecule has 0 saturated heterocycles. The molecule has 252 valence electrons. The Kier molecular flexibility index (Phi) is 12.5. The molecule has 0 atom stereocenters. The van der Waals surface area contributed by atoms with Crippen LogP contribution in [0.1, 0.15) is 39.5 Å². The van der Waals surface area contributed by atoms with Gasteiger partial charge in [0.1, 0.15) is 19.8 Å². The zero-order valence-electron chi connectivity index (χ0n) is 27.5. The Morgan fingerprint density at radius 1 is 0.653 bits per heavy atom. The zero-order valence-corrected chi connectivity index (χ0v) is 29.1. The van der Waals surface area contributed by atoms with E-state index in [4.69, 9.17) is 28.4 Å². The van der Waals surface area contributed by atoms with E-state index in [2.05, 4.69) is 26.5 Å². The van der Waals surface area contributed by atoms with Crippen molar-refractivity contribution in [1.29, 1.82) is 0 Å². The molecular weight excluding hydrogens is 688 g/mol. The Labute approximate surface area is 294 Å². The van der Waals surface area contributed by atoms with Gasteiger partial charge in [0.15, 0.2) is 34.5 Å². The molecule has 0 heterocycles. The van der Waals surface area contributed by atoms with Gasteiger partial charge in [-0.1, -0.05) is 66.7 Å². The average molecular weight is 726 g/mol. The van der Waals surface area contributed by atoms with E-state index in [1.807, 2.05) is 91.9 Å². The van der Waals surface area contributed by atoms with E-state index in [9.17, 15) is 4.79 Å². The molecule has 0 radical (unpaired) electrons. The fourth-order valence-corrected chi connectivity index (χ4v) is 5.34. The topological polar surface area (TPSA) is 96.8 Å². The number of amides is 1. The minimum atomic E-state index is -0.405. The first kappa shape index (κ1) is 34.8. The number of halogens is 1. The number of hydrogen-bond donors (Lipinski definition) is 1. The standard InChI is InChI=1S/C39H37BrN2O7/c1-4-46-36-20-29(15-17-34(36)48-25-28-13-9-6-10-14-28)26-49-38-32(40)19-30(21-37(38)45-3)23-41-42-39(43)31-16-18-33(35(22-31)44-2)47-24-27-11-7-5-8-12-27/h5-23H,4,24-26H2,1-3H3,(H,42,43)/b41-23+. The van der Waals surface area contributed by atoms with Crippen LogP contribution in [0.2, 0.25) is 0 Å². The molecule has 1 N–H and O–H groups in total. The van der Waals surface area contributed by atoms with Gasteiger partial charge >= 0.3 is 0 Å². The fraction of sp³-hybridized carbons (Fsp3) is 0.179. The highest BCUT2D eigenvalue weighted by Gasteiger charge is 2.15. The largest absolute Gasteiger partial charge is 0.493 e. The maximum atomic E-state index is 12.9. The number of nitrogens with zero attached hydrogens (tertiary/aromatic N) is 1. The van der Waals surface area contributed by atoms with E-state index in [1.54, 1.807) is 31.4 Å². The summed E-state index contributed by atoms with van der Waals surface area (Å²) in [7, 11) is 3.09. The van der Waals surface area contributed by atoms with E-state index in [-0.39, 0.29) is 6.61 Å². The van der Waals surface area contributed by atoms with Crippen molar-refractivity contribution in [2.75, 3.05) is 20.8 Å². The SMILES string of the molecule is CCOc1cc(COc2c(Br)cc(/C=N/NC(=O)c3ccc(OCc4ccccc4)c(OC)c3)cc2OC)ccc1OCc1ccccc1. The molecule has 5 aromatic carbocycles. The van der Waals surface area contributed by atoms with Crippen molar-refractivity contribution < 1.29 is 33.2 Å². The molecule has 9 nitrogen and oxygen atoms in total. The lowest BCUT2D eigenvalue weighted by molar-refractivity contribution is 0.0954. The van der Waals surface area contributed by atoms with Crippen LogP contribution in [0, 0.1) is 0 Å². The number of carbonyl (C=O) groups excluding carboxylic acids is 1. The summed E-state index contributed by atoms with van der Waals surface area (Å²) in [4.78, 5) is 12.9. The second kappa shape index (κ2) is 17.6. The third-order valence-electron chi connectivity index (χ3n) is 7.22. The number of rotatable bonds is 16. The molecule has 49 heavy (non-hydrogen) atoms. The average Bonchev–Trinajstić information content (AvgIpc) is 3.13. The second-order valence-electron chi connectivity index (χ2n) is 10.7. The molecular formula is C39H37BrN2O7. The minimum Gasteiger partial charge on any atom is -0.493 e. The number of hydrazone groups is 1. The molecule has 0 aromatic heterocycles. The summed E-state index contributed by atoms with van der Waals surface area (Å²) >= 11 is 3.59. The van der Waals surface area contributed by atoms with Gasteiger partial charge in [0.05, 0.1) is 31.5 Å². The maximum Gasteiger partial charge on any atom is 0.271 e. The molecule has 0 aliphatic heterocycles. The van der Waals surface area contributed by atoms with E-state index in [0.29, 0.717) is 69.9 Å². The van der Waals surface area contributed by atoms with Gasteiger partial charge in [-0.05, 0) is 87.6 Å². The van der Waals surface area contributed by atoms with Crippen molar-refractivity contribution in [3.05, 3.63) is 141 Å². The van der Waals surface area contributed by atoms with Crippen LogP contribution in [-0.4, -0.2) is 32.9 Å². The van der Waals surface area contributed by atoms with Gasteiger partial charge < -0.3 is 28.4 Å². The van der Waals surface area contributed by atoms with Crippen LogP contribution in [0.15, 0.2) is 119 Å². The Balaban J connectivity index is 1.19. The molecule has 0 fully saturated rings. The fourth-order valence-electron chi connectivity index (χ4n) is 4.77. The Morgan fingerprint density at radius 3 is 1.90 bits per heavy atom. The Morgan fingerprint density at radius 2 is 1.27 bits per heavy atom. The molecule has 0 aliphatic carbocycles. The number of carbonyl (C=O) groups is 1. The molecule has 0 aliphatic rings. The quantitative estimate of drug-likeness (QED) is 0.0807. The Bertz CT molecular complexity index is 1870. The van der Waals surface area contributed by atoms with Crippen LogP contribution in [0.25, 0.3) is 0 Å². The van der Waals surface area contributed by atoms with Gasteiger partial charge in [0.25, 0.3) is 5.91 Å². The zero-order chi connectivity index (χ0) is 34.4. The monoisotopic (exact) mass is 724 g/mol. The molecule has 0 bridgehead atoms. The van der Waals surface area contributed by atoms with E-state index in [1.165, 1.54) is 13.3 Å². The van der Waals surface area contributed by atoms with Gasteiger partial charge in [-0.25, -0.2) is 5.43 Å². The van der Waals surface area contributed by atoms with Crippen LogP contribution in [0.4, 0.5) is 0 Å². The number of ether oxygens (including phenoxy) is 6. The van der Waals surface area contributed by atoms with Crippen molar-refractivity contribution in [2.24, 2.45) is 5.10 Å². The van der Waals surface area contributed by atoms with Gasteiger partial charge in [0.2, 0.25) is 0 Å². The lowest BCUT2D eigenvalue weighted by Gasteiger charge is -2.16. The smallest absolute Gasteiger partial charge is 0.271 e. The first-order chi connectivity index (χ1) is 24.0. The summed E-state index contributed by atoms with van der Waals surface area (Å²) in [5.74, 6) is 2.89. The third kappa shape index (κ3) is 9.77. The van der Waals surface area contributed by atoms with Gasteiger partial charge in [-0.2, -0.15) is 5.10 Å². The van der Waals surface area contributed by atoms with Crippen molar-refractivity contribution >= 4 is 28.1 Å². The summed E-state index contributed by atoms with van der Waals surface area (Å²) in [6.45, 7) is 3.51. The third-order valence-corrected chi connectivity index (χ3v) is 7.81. The summed E-state index contributed by atoms with van der Waals surface area (Å²) in [6, 6.07) is 34.1. The predicted molar refractivity (Wildman–Crippen MR) is 192 cm³/mol. The lowest BCUT2D eigenvalue weighted by atomic mass is 10.2. The number of methoxy groups -OCH3 is 2. The first-order valence-corrected chi connectivity index (χ1v) is 16.4. The van der Waals surface area contributed by atoms with Crippen LogP contribution >= 0.6 is 15.9 Å². The molecule has 10 heteroatoms. The van der Waals surface area contributed by atoms with Gasteiger partial charge in [-0.15, -0.1) is 0 Å². The highest BCUT2D eigenvalue weighted by Crippen LogP contribution is 2.38.